The summed E-state index contributed by atoms with van der Waals surface area (Å²) in [5, 5.41) is 11.0. The fourth-order valence-corrected chi connectivity index (χ4v) is 3.47. The number of phenols is 1. The zero-order valence-electron chi connectivity index (χ0n) is 19.8. The Morgan fingerprint density at radius 2 is 1.53 bits per heavy atom. The average Bonchev–Trinajstić information content (AvgIpc) is 2.78. The maximum atomic E-state index is 12.9. The van der Waals surface area contributed by atoms with Crippen LogP contribution in [-0.2, 0) is 28.8 Å². The van der Waals surface area contributed by atoms with Crippen LogP contribution < -0.4 is 18.9 Å². The summed E-state index contributed by atoms with van der Waals surface area (Å²) >= 11 is 0. The number of benzene rings is 2. The van der Waals surface area contributed by atoms with Gasteiger partial charge in [-0.2, -0.15) is 0 Å². The molecule has 0 saturated heterocycles. The molecule has 0 atom stereocenters. The van der Waals surface area contributed by atoms with Gasteiger partial charge in [0.2, 0.25) is 0 Å². The minimum Gasteiger partial charge on any atom is -0.507 e. The molecule has 0 saturated carbocycles. The van der Waals surface area contributed by atoms with Crippen molar-refractivity contribution in [2.45, 2.75) is 39.5 Å². The molecule has 2 rings (SSSR count). The second kappa shape index (κ2) is 12.2. The van der Waals surface area contributed by atoms with Crippen LogP contribution in [0.4, 0.5) is 0 Å². The standard InChI is InChI=1S/C25H34O7/c1-16(2)7-9-19-22(29-4)14-23(30-5)20(25(19)27)13-18(26)11-17-8-10-21(32-15-28-3)24(12-17)31-6/h8,10,12,14,16,27H,7,9,11,13,15H2,1-6H3. The summed E-state index contributed by atoms with van der Waals surface area (Å²) in [6.07, 6.45) is 1.76. The molecule has 7 heteroatoms. The second-order valence-corrected chi connectivity index (χ2v) is 7.95. The first-order valence-electron chi connectivity index (χ1n) is 10.6. The highest BCUT2D eigenvalue weighted by Crippen LogP contribution is 2.40. The number of ketones is 1. The summed E-state index contributed by atoms with van der Waals surface area (Å²) in [5.74, 6) is 2.52. The van der Waals surface area contributed by atoms with Gasteiger partial charge in [0.15, 0.2) is 18.3 Å². The van der Waals surface area contributed by atoms with Gasteiger partial charge in [-0.1, -0.05) is 19.9 Å². The Hall–Kier alpha value is -2.93. The van der Waals surface area contributed by atoms with Crippen molar-refractivity contribution in [1.29, 1.82) is 0 Å². The van der Waals surface area contributed by atoms with Gasteiger partial charge in [-0.15, -0.1) is 0 Å². The lowest BCUT2D eigenvalue weighted by Crippen LogP contribution is -2.10. The lowest BCUT2D eigenvalue weighted by Gasteiger charge is -2.18. The summed E-state index contributed by atoms with van der Waals surface area (Å²) in [4.78, 5) is 12.9. The number of Topliss-reactive ketones (excluding diaryl/α,β-unsaturated/α-hetero) is 1. The van der Waals surface area contributed by atoms with Crippen molar-refractivity contribution in [1.82, 2.24) is 0 Å². The zero-order valence-corrected chi connectivity index (χ0v) is 19.8. The van der Waals surface area contributed by atoms with Gasteiger partial charge in [0.05, 0.1) is 21.3 Å². The Balaban J connectivity index is 2.25. The van der Waals surface area contributed by atoms with E-state index in [1.807, 2.05) is 6.07 Å². The molecule has 0 aliphatic rings. The molecule has 32 heavy (non-hydrogen) atoms. The number of rotatable bonds is 13. The van der Waals surface area contributed by atoms with Gasteiger partial charge in [-0.25, -0.2) is 0 Å². The third-order valence-corrected chi connectivity index (χ3v) is 5.18. The van der Waals surface area contributed by atoms with Crippen molar-refractivity contribution in [2.75, 3.05) is 35.2 Å². The number of ether oxygens (including phenoxy) is 5. The lowest BCUT2D eigenvalue weighted by atomic mass is 9.95. The molecule has 0 aliphatic carbocycles. The quantitative estimate of drug-likeness (QED) is 0.458. The molecule has 7 nitrogen and oxygen atoms in total. The molecule has 2 aromatic rings. The van der Waals surface area contributed by atoms with Crippen molar-refractivity contribution in [2.24, 2.45) is 5.92 Å². The van der Waals surface area contributed by atoms with E-state index in [9.17, 15) is 9.90 Å². The molecule has 0 aliphatic heterocycles. The largest absolute Gasteiger partial charge is 0.507 e. The fraction of sp³-hybridized carbons (Fsp3) is 0.480. The Kier molecular flexibility index (Phi) is 9.65. The molecule has 0 spiro atoms. The van der Waals surface area contributed by atoms with Gasteiger partial charge in [0.1, 0.15) is 23.0 Å². The average molecular weight is 447 g/mol. The second-order valence-electron chi connectivity index (χ2n) is 7.95. The molecule has 0 unspecified atom stereocenters. The minimum atomic E-state index is -0.0637. The van der Waals surface area contributed by atoms with E-state index in [-0.39, 0.29) is 31.2 Å². The SMILES string of the molecule is COCOc1ccc(CC(=O)Cc2c(OC)cc(OC)c(CCC(C)C)c2O)cc1OC. The van der Waals surface area contributed by atoms with E-state index in [1.54, 1.807) is 32.4 Å². The smallest absolute Gasteiger partial charge is 0.188 e. The maximum Gasteiger partial charge on any atom is 0.188 e. The highest BCUT2D eigenvalue weighted by molar-refractivity contribution is 5.85. The van der Waals surface area contributed by atoms with Crippen molar-refractivity contribution < 1.29 is 33.6 Å². The Bertz CT molecular complexity index is 906. The van der Waals surface area contributed by atoms with Crippen molar-refractivity contribution in [3.8, 4) is 28.7 Å². The molecule has 0 radical (unpaired) electrons. The van der Waals surface area contributed by atoms with Crippen LogP contribution in [0.25, 0.3) is 0 Å². The van der Waals surface area contributed by atoms with Crippen LogP contribution in [0.3, 0.4) is 0 Å². The van der Waals surface area contributed by atoms with E-state index in [4.69, 9.17) is 23.7 Å². The molecule has 0 amide bonds. The molecule has 0 fully saturated rings. The van der Waals surface area contributed by atoms with Crippen molar-refractivity contribution >= 4 is 5.78 Å². The van der Waals surface area contributed by atoms with Gasteiger partial charge in [-0.05, 0) is 36.5 Å². The van der Waals surface area contributed by atoms with E-state index in [0.29, 0.717) is 46.5 Å². The van der Waals surface area contributed by atoms with Gasteiger partial charge in [-0.3, -0.25) is 4.79 Å². The summed E-state index contributed by atoms with van der Waals surface area (Å²) in [7, 11) is 6.15. The number of aromatic hydroxyl groups is 1. The first-order chi connectivity index (χ1) is 15.3. The third kappa shape index (κ3) is 6.53. The van der Waals surface area contributed by atoms with E-state index in [2.05, 4.69) is 13.8 Å². The first-order valence-corrected chi connectivity index (χ1v) is 10.6. The molecule has 0 bridgehead atoms. The van der Waals surface area contributed by atoms with Gasteiger partial charge >= 0.3 is 0 Å². The van der Waals surface area contributed by atoms with E-state index in [1.165, 1.54) is 14.2 Å². The van der Waals surface area contributed by atoms with Crippen LogP contribution in [0.2, 0.25) is 0 Å². The molecular formula is C25H34O7. The van der Waals surface area contributed by atoms with Crippen molar-refractivity contribution in [3.63, 3.8) is 0 Å². The normalized spacial score (nSPS) is 10.8. The Morgan fingerprint density at radius 3 is 2.12 bits per heavy atom. The summed E-state index contributed by atoms with van der Waals surface area (Å²) in [6.45, 7) is 4.35. The number of methoxy groups -OCH3 is 4. The number of phenolic OH excluding ortho intramolecular Hbond substituents is 1. The zero-order chi connectivity index (χ0) is 23.7. The third-order valence-electron chi connectivity index (χ3n) is 5.18. The highest BCUT2D eigenvalue weighted by Gasteiger charge is 2.21. The Morgan fingerprint density at radius 1 is 0.875 bits per heavy atom. The van der Waals surface area contributed by atoms with Crippen LogP contribution in [0.15, 0.2) is 24.3 Å². The molecule has 1 N–H and O–H groups in total. The van der Waals surface area contributed by atoms with Crippen molar-refractivity contribution in [3.05, 3.63) is 41.0 Å². The number of hydrogen-bond acceptors (Lipinski definition) is 7. The minimum absolute atomic E-state index is 0.0396. The number of carbonyl (C=O) groups excluding carboxylic acids is 1. The van der Waals surface area contributed by atoms with E-state index in [0.717, 1.165) is 12.0 Å². The summed E-state index contributed by atoms with van der Waals surface area (Å²) in [6, 6.07) is 7.06. The molecule has 176 valence electrons. The van der Waals surface area contributed by atoms with Crippen LogP contribution >= 0.6 is 0 Å². The van der Waals surface area contributed by atoms with Gasteiger partial charge in [0.25, 0.3) is 0 Å². The number of carbonyl (C=O) groups is 1. The molecule has 0 heterocycles. The predicted octanol–water partition coefficient (Wildman–Crippen LogP) is 4.34. The topological polar surface area (TPSA) is 83.5 Å². The first kappa shape index (κ1) is 25.3. The molecular weight excluding hydrogens is 412 g/mol. The summed E-state index contributed by atoms with van der Waals surface area (Å²) < 4.78 is 26.7. The van der Waals surface area contributed by atoms with Crippen LogP contribution in [0.5, 0.6) is 28.7 Å². The monoisotopic (exact) mass is 446 g/mol. The number of hydrogen-bond donors (Lipinski definition) is 1. The van der Waals surface area contributed by atoms with Crippen LogP contribution in [0.1, 0.15) is 37.0 Å². The fourth-order valence-electron chi connectivity index (χ4n) is 3.47. The van der Waals surface area contributed by atoms with E-state index < -0.39 is 0 Å². The van der Waals surface area contributed by atoms with Gasteiger partial charge < -0.3 is 28.8 Å². The van der Waals surface area contributed by atoms with E-state index >= 15 is 0 Å². The van der Waals surface area contributed by atoms with Crippen LogP contribution in [0, 0.1) is 5.92 Å². The summed E-state index contributed by atoms with van der Waals surface area (Å²) in [5.41, 5.74) is 1.96. The molecule has 0 aromatic heterocycles. The predicted molar refractivity (Wildman–Crippen MR) is 122 cm³/mol. The van der Waals surface area contributed by atoms with Crippen LogP contribution in [-0.4, -0.2) is 46.1 Å². The Labute approximate surface area is 190 Å². The highest BCUT2D eigenvalue weighted by atomic mass is 16.7. The maximum absolute atomic E-state index is 12.9. The van der Waals surface area contributed by atoms with Gasteiger partial charge in [0, 0.05) is 37.1 Å². The molecule has 2 aromatic carbocycles. The lowest BCUT2D eigenvalue weighted by molar-refractivity contribution is -0.117.